The molecule has 4 heterocycles. The van der Waals surface area contributed by atoms with E-state index in [1.807, 2.05) is 55.5 Å². The van der Waals surface area contributed by atoms with E-state index in [1.54, 1.807) is 82.1 Å². The number of hydrogen-bond donors (Lipinski definition) is 2. The van der Waals surface area contributed by atoms with Crippen molar-refractivity contribution < 1.29 is 23.8 Å². The maximum Gasteiger partial charge on any atom is 0.359 e. The van der Waals surface area contributed by atoms with Gasteiger partial charge in [-0.25, -0.2) is 19.0 Å². The quantitative estimate of drug-likeness (QED) is 0.114. The second kappa shape index (κ2) is 20.0. The first-order chi connectivity index (χ1) is 29.6. The monoisotopic (exact) mass is 819 g/mol. The lowest BCUT2D eigenvalue weighted by Gasteiger charge is -2.12. The first-order valence-corrected chi connectivity index (χ1v) is 19.1. The smallest absolute Gasteiger partial charge is 0.359 e. The van der Waals surface area contributed by atoms with E-state index in [0.29, 0.717) is 35.6 Å². The number of nitrogens with zero attached hydrogens (tertiary/aromatic N) is 7. The summed E-state index contributed by atoms with van der Waals surface area (Å²) in [5.41, 5.74) is 3.97. The van der Waals surface area contributed by atoms with Crippen molar-refractivity contribution in [3.05, 3.63) is 170 Å². The summed E-state index contributed by atoms with van der Waals surface area (Å²) >= 11 is 0. The third-order valence-electron chi connectivity index (χ3n) is 9.17. The Morgan fingerprint density at radius 2 is 1.30 bits per heavy atom. The zero-order chi connectivity index (χ0) is 43.3. The molecule has 16 heteroatoms. The van der Waals surface area contributed by atoms with Crippen LogP contribution in [0.4, 0.5) is 22.7 Å². The number of ether oxygens (including phenoxy) is 3. The van der Waals surface area contributed by atoms with Gasteiger partial charge >= 0.3 is 11.9 Å². The van der Waals surface area contributed by atoms with Gasteiger partial charge in [-0.2, -0.15) is 15.5 Å². The molecule has 0 aliphatic carbocycles. The highest BCUT2D eigenvalue weighted by molar-refractivity contribution is 5.95. The SMILES string of the molecule is CCn1nc(C(=O)OCc2ccc(OC)cc2)cc(Nc2cncc3ccccc23)c1=O.CCn1nc(C(=O)OCc2cccc(C#N)c2)cc(Nc2cnccc2C)c1=O. The Kier molecular flexibility index (Phi) is 13.9. The summed E-state index contributed by atoms with van der Waals surface area (Å²) in [4.78, 5) is 58.8. The highest BCUT2D eigenvalue weighted by Gasteiger charge is 2.18. The number of anilines is 4. The third-order valence-corrected chi connectivity index (χ3v) is 9.17. The Morgan fingerprint density at radius 1 is 0.689 bits per heavy atom. The van der Waals surface area contributed by atoms with Gasteiger partial charge in [0.05, 0.1) is 42.5 Å². The number of pyridine rings is 2. The van der Waals surface area contributed by atoms with Crippen LogP contribution >= 0.6 is 0 Å². The predicted octanol–water partition coefficient (Wildman–Crippen LogP) is 6.86. The van der Waals surface area contributed by atoms with Crippen LogP contribution in [0.2, 0.25) is 0 Å². The first kappa shape index (κ1) is 42.4. The maximum absolute atomic E-state index is 12.8. The van der Waals surface area contributed by atoms with Crippen molar-refractivity contribution in [2.24, 2.45) is 0 Å². The van der Waals surface area contributed by atoms with Crippen LogP contribution in [-0.2, 0) is 35.8 Å². The van der Waals surface area contributed by atoms with Crippen molar-refractivity contribution in [1.82, 2.24) is 29.5 Å². The zero-order valence-corrected chi connectivity index (χ0v) is 33.8. The fraction of sp³-hybridized carbons (Fsp3) is 0.178. The molecule has 0 aliphatic rings. The molecular formula is C45H41N9O7. The summed E-state index contributed by atoms with van der Waals surface area (Å²) in [6.45, 7) is 6.09. The summed E-state index contributed by atoms with van der Waals surface area (Å²) in [5, 5.41) is 25.2. The van der Waals surface area contributed by atoms with E-state index in [9.17, 15) is 19.2 Å². The van der Waals surface area contributed by atoms with Gasteiger partial charge in [0.1, 0.15) is 30.3 Å². The Balaban J connectivity index is 0.000000205. The molecule has 0 aliphatic heterocycles. The van der Waals surface area contributed by atoms with Crippen molar-refractivity contribution in [2.75, 3.05) is 17.7 Å². The molecule has 7 rings (SSSR count). The van der Waals surface area contributed by atoms with Gasteiger partial charge in [0.15, 0.2) is 11.4 Å². The predicted molar refractivity (Wildman–Crippen MR) is 228 cm³/mol. The third kappa shape index (κ3) is 10.7. The van der Waals surface area contributed by atoms with Gasteiger partial charge in [-0.15, -0.1) is 0 Å². The number of nitrogens with one attached hydrogen (secondary N) is 2. The van der Waals surface area contributed by atoms with Crippen molar-refractivity contribution in [3.63, 3.8) is 0 Å². The number of nitriles is 1. The van der Waals surface area contributed by atoms with Crippen LogP contribution in [0.1, 0.15) is 57.1 Å². The molecule has 16 nitrogen and oxygen atoms in total. The Hall–Kier alpha value is -8.19. The average molecular weight is 820 g/mol. The maximum atomic E-state index is 12.8. The van der Waals surface area contributed by atoms with Crippen LogP contribution in [0.5, 0.6) is 5.75 Å². The number of fused-ring (bicyclic) bond motifs is 1. The molecule has 0 saturated carbocycles. The zero-order valence-electron chi connectivity index (χ0n) is 33.8. The van der Waals surface area contributed by atoms with Crippen molar-refractivity contribution in [1.29, 1.82) is 5.26 Å². The topological polar surface area (TPSA) is 205 Å². The lowest BCUT2D eigenvalue weighted by molar-refractivity contribution is 0.0454. The number of carbonyl (C=O) groups is 2. The molecule has 0 spiro atoms. The van der Waals surface area contributed by atoms with Crippen LogP contribution in [0.3, 0.4) is 0 Å². The molecule has 61 heavy (non-hydrogen) atoms. The van der Waals surface area contributed by atoms with E-state index < -0.39 is 11.9 Å². The minimum Gasteiger partial charge on any atom is -0.497 e. The minimum absolute atomic E-state index is 0.00642. The molecule has 0 amide bonds. The summed E-state index contributed by atoms with van der Waals surface area (Å²) in [5.74, 6) is -0.571. The summed E-state index contributed by atoms with van der Waals surface area (Å²) in [6.07, 6.45) is 6.65. The van der Waals surface area contributed by atoms with Crippen LogP contribution in [0.15, 0.2) is 125 Å². The number of aromatic nitrogens is 6. The van der Waals surface area contributed by atoms with Crippen LogP contribution in [-0.4, -0.2) is 48.6 Å². The normalized spacial score (nSPS) is 10.5. The molecule has 3 aromatic carbocycles. The number of esters is 2. The van der Waals surface area contributed by atoms with E-state index in [-0.39, 0.29) is 47.1 Å². The molecular weight excluding hydrogens is 779 g/mol. The minimum atomic E-state index is -0.666. The van der Waals surface area contributed by atoms with Gasteiger partial charge in [0, 0.05) is 48.4 Å². The second-order valence-corrected chi connectivity index (χ2v) is 13.3. The molecule has 2 N–H and O–H groups in total. The number of rotatable bonds is 13. The number of hydrogen-bond acceptors (Lipinski definition) is 14. The molecule has 0 radical (unpaired) electrons. The Morgan fingerprint density at radius 3 is 1.90 bits per heavy atom. The Bertz CT molecular complexity index is 2850. The molecule has 0 bridgehead atoms. The van der Waals surface area contributed by atoms with Gasteiger partial charge in [0.2, 0.25) is 0 Å². The van der Waals surface area contributed by atoms with Gasteiger partial charge in [0.25, 0.3) is 11.1 Å². The largest absolute Gasteiger partial charge is 0.497 e. The summed E-state index contributed by atoms with van der Waals surface area (Å²) in [6, 6.07) is 28.3. The highest BCUT2D eigenvalue weighted by Crippen LogP contribution is 2.24. The van der Waals surface area contributed by atoms with Gasteiger partial charge < -0.3 is 24.8 Å². The lowest BCUT2D eigenvalue weighted by Crippen LogP contribution is -2.27. The Labute approximate surface area is 350 Å². The lowest BCUT2D eigenvalue weighted by atomic mass is 10.1. The van der Waals surface area contributed by atoms with Crippen molar-refractivity contribution in [2.45, 2.75) is 47.1 Å². The van der Waals surface area contributed by atoms with E-state index >= 15 is 0 Å². The molecule has 0 atom stereocenters. The van der Waals surface area contributed by atoms with Gasteiger partial charge in [-0.1, -0.05) is 48.5 Å². The highest BCUT2D eigenvalue weighted by atomic mass is 16.5. The van der Waals surface area contributed by atoms with Crippen LogP contribution < -0.4 is 26.5 Å². The van der Waals surface area contributed by atoms with Crippen molar-refractivity contribution >= 4 is 45.5 Å². The average Bonchev–Trinajstić information content (AvgIpc) is 3.30. The molecule has 0 unspecified atom stereocenters. The molecule has 4 aromatic heterocycles. The fourth-order valence-electron chi connectivity index (χ4n) is 5.89. The summed E-state index contributed by atoms with van der Waals surface area (Å²) < 4.78 is 18.3. The molecule has 0 saturated heterocycles. The number of aryl methyl sites for hydroxylation is 3. The van der Waals surface area contributed by atoms with Crippen LogP contribution in [0, 0.1) is 18.3 Å². The van der Waals surface area contributed by atoms with E-state index in [1.165, 1.54) is 21.5 Å². The van der Waals surface area contributed by atoms with E-state index in [0.717, 1.165) is 27.6 Å². The fourth-order valence-corrected chi connectivity index (χ4v) is 5.89. The first-order valence-electron chi connectivity index (χ1n) is 19.1. The number of benzene rings is 3. The molecule has 0 fully saturated rings. The van der Waals surface area contributed by atoms with Gasteiger partial charge in [-0.3, -0.25) is 19.6 Å². The van der Waals surface area contributed by atoms with E-state index in [4.69, 9.17) is 19.5 Å². The standard InChI is InChI=1S/C24H22N4O4.C21H19N5O3/c1-3-28-23(29)20(26-22-14-25-13-17-6-4-5-7-19(17)22)12-21(27-28)24(30)32-15-16-8-10-18(31-2)11-9-16;1-3-26-20(27)17(24-19-12-23-8-7-14(19)2)10-18(25-26)21(28)29-13-16-6-4-5-15(9-16)11-22/h4-14,26H,3,15H2,1-2H3;4-10,12,24H,3,13H2,1-2H3. The molecule has 7 aromatic rings. The van der Waals surface area contributed by atoms with Crippen molar-refractivity contribution in [3.8, 4) is 11.8 Å². The van der Waals surface area contributed by atoms with Crippen LogP contribution in [0.25, 0.3) is 10.8 Å². The number of carbonyl (C=O) groups excluding carboxylic acids is 2. The second-order valence-electron chi connectivity index (χ2n) is 13.3. The molecule has 308 valence electrons. The number of methoxy groups -OCH3 is 1. The summed E-state index contributed by atoms with van der Waals surface area (Å²) in [7, 11) is 1.59. The van der Waals surface area contributed by atoms with Gasteiger partial charge in [-0.05, 0) is 67.8 Å². The van der Waals surface area contributed by atoms with E-state index in [2.05, 4.69) is 30.8 Å².